The summed E-state index contributed by atoms with van der Waals surface area (Å²) < 4.78 is 68.0. The van der Waals surface area contributed by atoms with Gasteiger partial charge in [-0.25, -0.2) is 9.13 Å². The first-order chi connectivity index (χ1) is 39.9. The van der Waals surface area contributed by atoms with Gasteiger partial charge in [0, 0.05) is 25.7 Å². The molecular formula is C64H124O17P2. The van der Waals surface area contributed by atoms with E-state index in [9.17, 15) is 43.2 Å². The lowest BCUT2D eigenvalue weighted by atomic mass is 9.99. The maximum Gasteiger partial charge on any atom is 0.472 e. The third-order valence-electron chi connectivity index (χ3n) is 15.4. The van der Waals surface area contributed by atoms with Gasteiger partial charge in [0.05, 0.1) is 26.4 Å². The number of ether oxygens (including phenoxy) is 4. The van der Waals surface area contributed by atoms with Crippen molar-refractivity contribution in [2.75, 3.05) is 39.6 Å². The lowest BCUT2D eigenvalue weighted by molar-refractivity contribution is -0.161. The van der Waals surface area contributed by atoms with E-state index in [1.807, 2.05) is 0 Å². The number of hydrogen-bond acceptors (Lipinski definition) is 15. The number of esters is 4. The molecule has 3 N–H and O–H groups in total. The molecule has 0 bridgehead atoms. The molecule has 0 spiro atoms. The number of unbranched alkanes of at least 4 members (excludes halogenated alkanes) is 31. The largest absolute Gasteiger partial charge is 0.472 e. The molecule has 0 aromatic rings. The fraction of sp³-hybridized carbons (Fsp3) is 0.938. The van der Waals surface area contributed by atoms with Crippen LogP contribution in [-0.4, -0.2) is 96.7 Å². The van der Waals surface area contributed by atoms with Gasteiger partial charge in [-0.05, 0) is 37.5 Å². The highest BCUT2D eigenvalue weighted by atomic mass is 31.2. The summed E-state index contributed by atoms with van der Waals surface area (Å²) in [6, 6.07) is 0. The number of carbonyl (C=O) groups excluding carboxylic acids is 4. The van der Waals surface area contributed by atoms with Crippen LogP contribution in [0.15, 0.2) is 0 Å². The summed E-state index contributed by atoms with van der Waals surface area (Å²) in [7, 11) is -9.88. The third-order valence-corrected chi connectivity index (χ3v) is 17.3. The molecule has 0 saturated carbocycles. The summed E-state index contributed by atoms with van der Waals surface area (Å²) in [5.41, 5.74) is 0. The molecule has 17 nitrogen and oxygen atoms in total. The molecule has 4 unspecified atom stereocenters. The zero-order valence-corrected chi connectivity index (χ0v) is 55.3. The summed E-state index contributed by atoms with van der Waals surface area (Å²) >= 11 is 0. The molecule has 7 atom stereocenters. The normalized spacial score (nSPS) is 15.0. The second kappa shape index (κ2) is 56.6. The van der Waals surface area contributed by atoms with Crippen LogP contribution >= 0.6 is 15.6 Å². The highest BCUT2D eigenvalue weighted by Crippen LogP contribution is 2.45. The molecule has 0 fully saturated rings. The average molecular weight is 1230 g/mol. The van der Waals surface area contributed by atoms with Gasteiger partial charge in [0.25, 0.3) is 0 Å². The van der Waals surface area contributed by atoms with Gasteiger partial charge in [-0.15, -0.1) is 0 Å². The van der Waals surface area contributed by atoms with Crippen LogP contribution < -0.4 is 0 Å². The maximum atomic E-state index is 13.0. The summed E-state index contributed by atoms with van der Waals surface area (Å²) in [5, 5.41) is 10.5. The number of hydrogen-bond donors (Lipinski definition) is 3. The minimum absolute atomic E-state index is 0.105. The van der Waals surface area contributed by atoms with Crippen molar-refractivity contribution in [3.05, 3.63) is 0 Å². The quantitative estimate of drug-likeness (QED) is 0.0222. The van der Waals surface area contributed by atoms with Crippen LogP contribution in [0.25, 0.3) is 0 Å². The molecule has 0 radical (unpaired) electrons. The number of phosphoric acid groups is 2. The molecule has 83 heavy (non-hydrogen) atoms. The second-order valence-corrected chi connectivity index (χ2v) is 26.5. The zero-order valence-electron chi connectivity index (χ0n) is 53.5. The summed E-state index contributed by atoms with van der Waals surface area (Å²) in [5.74, 6) is -0.601. The van der Waals surface area contributed by atoms with Gasteiger partial charge in [-0.2, -0.15) is 0 Å². The van der Waals surface area contributed by atoms with Crippen LogP contribution in [0.4, 0.5) is 0 Å². The molecule has 0 saturated heterocycles. The standard InChI is InChI=1S/C64H124O17P2/c1-7-11-13-15-17-19-24-28-36-42-48-63(68)80-59(52-74-61(66)46-40-34-27-22-18-16-14-12-8-2)54-78-82(70,71)76-50-58(65)51-77-83(72,73)79-55-60(53-75-62(67)47-41-35-31-30-33-39-45-57(6)10-4)81-64(69)49-43-37-29-25-21-20-23-26-32-38-44-56(5)9-3/h56-60,65H,7-55H2,1-6H3,(H,70,71)(H,72,73)/t56?,57?,58-,59+,60+/m0/s1. The van der Waals surface area contributed by atoms with E-state index >= 15 is 0 Å². The lowest BCUT2D eigenvalue weighted by Crippen LogP contribution is -2.30. The van der Waals surface area contributed by atoms with Crippen molar-refractivity contribution in [2.45, 2.75) is 336 Å². The highest BCUT2D eigenvalue weighted by molar-refractivity contribution is 7.47. The number of carbonyl (C=O) groups is 4. The van der Waals surface area contributed by atoms with Crippen molar-refractivity contribution in [1.29, 1.82) is 0 Å². The van der Waals surface area contributed by atoms with E-state index in [2.05, 4.69) is 41.5 Å². The molecule has 19 heteroatoms. The van der Waals surface area contributed by atoms with Crippen LogP contribution in [0.3, 0.4) is 0 Å². The van der Waals surface area contributed by atoms with Gasteiger partial charge < -0.3 is 33.8 Å². The van der Waals surface area contributed by atoms with E-state index in [-0.39, 0.29) is 25.7 Å². The first-order valence-electron chi connectivity index (χ1n) is 33.6. The van der Waals surface area contributed by atoms with E-state index < -0.39 is 97.5 Å². The maximum absolute atomic E-state index is 13.0. The number of aliphatic hydroxyl groups excluding tert-OH is 1. The molecule has 0 amide bonds. The van der Waals surface area contributed by atoms with E-state index in [0.717, 1.165) is 108 Å². The average Bonchev–Trinajstić information content (AvgIpc) is 3.46. The molecule has 0 aliphatic rings. The first kappa shape index (κ1) is 81.1. The van der Waals surface area contributed by atoms with Gasteiger partial charge in [-0.1, -0.05) is 266 Å². The van der Waals surface area contributed by atoms with Crippen LogP contribution in [0, 0.1) is 11.8 Å². The van der Waals surface area contributed by atoms with Crippen LogP contribution in [0.2, 0.25) is 0 Å². The molecule has 0 aromatic carbocycles. The van der Waals surface area contributed by atoms with Crippen molar-refractivity contribution in [3.63, 3.8) is 0 Å². The molecule has 0 heterocycles. The fourth-order valence-corrected chi connectivity index (χ4v) is 11.0. The Morgan fingerprint density at radius 3 is 0.855 bits per heavy atom. The Hall–Kier alpha value is -1.94. The first-order valence-corrected chi connectivity index (χ1v) is 36.6. The van der Waals surface area contributed by atoms with Crippen molar-refractivity contribution >= 4 is 39.5 Å². The zero-order chi connectivity index (χ0) is 61.5. The van der Waals surface area contributed by atoms with E-state index in [0.29, 0.717) is 25.7 Å². The fourth-order valence-electron chi connectivity index (χ4n) is 9.47. The summed E-state index contributed by atoms with van der Waals surface area (Å²) in [6.45, 7) is 9.46. The Balaban J connectivity index is 5.24. The number of aliphatic hydroxyl groups is 1. The monoisotopic (exact) mass is 1230 g/mol. The van der Waals surface area contributed by atoms with Crippen LogP contribution in [-0.2, 0) is 65.4 Å². The Bertz CT molecular complexity index is 1640. The van der Waals surface area contributed by atoms with Crippen molar-refractivity contribution in [2.24, 2.45) is 11.8 Å². The van der Waals surface area contributed by atoms with E-state index in [4.69, 9.17) is 37.0 Å². The topological polar surface area (TPSA) is 237 Å². The van der Waals surface area contributed by atoms with Gasteiger partial charge in [0.1, 0.15) is 19.3 Å². The van der Waals surface area contributed by atoms with Gasteiger partial charge in [-0.3, -0.25) is 37.3 Å². The minimum Gasteiger partial charge on any atom is -0.462 e. The minimum atomic E-state index is -4.94. The Morgan fingerprint density at radius 1 is 0.337 bits per heavy atom. The van der Waals surface area contributed by atoms with E-state index in [1.54, 1.807) is 0 Å². The number of phosphoric ester groups is 2. The second-order valence-electron chi connectivity index (χ2n) is 23.6. The Kier molecular flexibility index (Phi) is 55.2. The lowest BCUT2D eigenvalue weighted by Gasteiger charge is -2.21. The highest BCUT2D eigenvalue weighted by Gasteiger charge is 2.30. The molecule has 492 valence electrons. The molecule has 0 rings (SSSR count). The van der Waals surface area contributed by atoms with E-state index in [1.165, 1.54) is 128 Å². The Labute approximate surface area is 505 Å². The molecule has 0 aliphatic carbocycles. The molecule has 0 aromatic heterocycles. The molecule has 0 aliphatic heterocycles. The Morgan fingerprint density at radius 2 is 0.578 bits per heavy atom. The van der Waals surface area contributed by atoms with Crippen molar-refractivity contribution in [3.8, 4) is 0 Å². The summed E-state index contributed by atoms with van der Waals surface area (Å²) in [6.07, 6.45) is 38.8. The summed E-state index contributed by atoms with van der Waals surface area (Å²) in [4.78, 5) is 72.2. The van der Waals surface area contributed by atoms with Gasteiger partial charge >= 0.3 is 39.5 Å². The van der Waals surface area contributed by atoms with Crippen LogP contribution in [0.1, 0.15) is 318 Å². The third kappa shape index (κ3) is 56.3. The number of rotatable bonds is 63. The van der Waals surface area contributed by atoms with Gasteiger partial charge in [0.2, 0.25) is 0 Å². The smallest absolute Gasteiger partial charge is 0.462 e. The van der Waals surface area contributed by atoms with Crippen molar-refractivity contribution in [1.82, 2.24) is 0 Å². The SMILES string of the molecule is CCCCCCCCCCCCC(=O)O[C@H](COC(=O)CCCCCCCCCCC)COP(=O)(O)OC[C@H](O)COP(=O)(O)OC[C@@H](COC(=O)CCCCCCCCC(C)CC)OC(=O)CCCCCCCCCCCCC(C)CC. The van der Waals surface area contributed by atoms with Crippen LogP contribution in [0.5, 0.6) is 0 Å². The van der Waals surface area contributed by atoms with Gasteiger partial charge in [0.15, 0.2) is 12.2 Å². The predicted octanol–water partition coefficient (Wildman–Crippen LogP) is 17.7. The van der Waals surface area contributed by atoms with Crippen molar-refractivity contribution < 1.29 is 80.2 Å². The molecular weight excluding hydrogens is 1100 g/mol. The predicted molar refractivity (Wildman–Crippen MR) is 331 cm³/mol.